The molecule has 0 aliphatic heterocycles. The van der Waals surface area contributed by atoms with Gasteiger partial charge in [-0.25, -0.2) is 13.1 Å². The van der Waals surface area contributed by atoms with Crippen molar-refractivity contribution in [3.63, 3.8) is 0 Å². The average Bonchev–Trinajstić information content (AvgIpc) is 2.20. The van der Waals surface area contributed by atoms with E-state index in [1.54, 1.807) is 32.9 Å². The fourth-order valence-electron chi connectivity index (χ4n) is 1.32. The van der Waals surface area contributed by atoms with Crippen LogP contribution in [0.4, 0.5) is 0 Å². The highest BCUT2D eigenvalue weighted by molar-refractivity contribution is 7.89. The fourth-order valence-corrected chi connectivity index (χ4v) is 3.26. The summed E-state index contributed by atoms with van der Waals surface area (Å²) >= 11 is 5.81. The van der Waals surface area contributed by atoms with Crippen LogP contribution in [0, 0.1) is 6.92 Å². The van der Waals surface area contributed by atoms with E-state index >= 15 is 0 Å². The van der Waals surface area contributed by atoms with Crippen molar-refractivity contribution in [2.75, 3.05) is 6.54 Å². The molecule has 0 heterocycles. The van der Waals surface area contributed by atoms with Crippen LogP contribution in [0.2, 0.25) is 5.02 Å². The van der Waals surface area contributed by atoms with Gasteiger partial charge in [0.15, 0.2) is 0 Å². The minimum Gasteiger partial charge on any atom is -0.329 e. The van der Waals surface area contributed by atoms with Gasteiger partial charge in [0.2, 0.25) is 10.0 Å². The van der Waals surface area contributed by atoms with Gasteiger partial charge in [0, 0.05) is 17.1 Å². The molecule has 0 spiro atoms. The Morgan fingerprint density at radius 2 is 1.94 bits per heavy atom. The Labute approximate surface area is 119 Å². The molecule has 1 aromatic rings. The molecule has 0 saturated carbocycles. The van der Waals surface area contributed by atoms with Crippen LogP contribution in [0.15, 0.2) is 23.1 Å². The second-order valence-electron chi connectivity index (χ2n) is 4.60. The molecule has 0 unspecified atom stereocenters. The highest BCUT2D eigenvalue weighted by Crippen LogP contribution is 2.21. The molecule has 1 rings (SSSR count). The van der Waals surface area contributed by atoms with E-state index in [1.807, 2.05) is 0 Å². The van der Waals surface area contributed by atoms with Crippen molar-refractivity contribution in [1.82, 2.24) is 4.72 Å². The molecule has 0 amide bonds. The fraction of sp³-hybridized carbons (Fsp3) is 0.455. The molecular weight excluding hydrogens is 295 g/mol. The summed E-state index contributed by atoms with van der Waals surface area (Å²) in [6.45, 7) is 5.39. The minimum atomic E-state index is -3.60. The molecule has 0 fully saturated rings. The molecule has 18 heavy (non-hydrogen) atoms. The van der Waals surface area contributed by atoms with Crippen molar-refractivity contribution >= 4 is 34.0 Å². The molecule has 0 radical (unpaired) electrons. The molecular formula is C11H18Cl2N2O2S. The quantitative estimate of drug-likeness (QED) is 0.894. The summed E-state index contributed by atoms with van der Waals surface area (Å²) in [5, 5.41) is 0.390. The van der Waals surface area contributed by atoms with Crippen LogP contribution in [-0.2, 0) is 10.0 Å². The van der Waals surface area contributed by atoms with Gasteiger partial charge < -0.3 is 5.73 Å². The van der Waals surface area contributed by atoms with Crippen LogP contribution >= 0.6 is 24.0 Å². The van der Waals surface area contributed by atoms with Crippen molar-refractivity contribution in [2.24, 2.45) is 5.73 Å². The smallest absolute Gasteiger partial charge is 0.241 e. The summed E-state index contributed by atoms with van der Waals surface area (Å²) in [6.07, 6.45) is 0. The molecule has 3 N–H and O–H groups in total. The minimum absolute atomic E-state index is 0. The third-order valence-electron chi connectivity index (χ3n) is 2.36. The van der Waals surface area contributed by atoms with E-state index < -0.39 is 15.6 Å². The lowest BCUT2D eigenvalue weighted by atomic mass is 10.1. The molecule has 1 aromatic carbocycles. The van der Waals surface area contributed by atoms with E-state index in [9.17, 15) is 8.42 Å². The maximum atomic E-state index is 12.2. The van der Waals surface area contributed by atoms with Gasteiger partial charge in [-0.15, -0.1) is 12.4 Å². The van der Waals surface area contributed by atoms with Crippen molar-refractivity contribution in [3.05, 3.63) is 28.8 Å². The first-order valence-electron chi connectivity index (χ1n) is 5.18. The Morgan fingerprint density at radius 3 is 2.44 bits per heavy atom. The zero-order chi connectivity index (χ0) is 13.3. The Kier molecular flexibility index (Phi) is 6.10. The van der Waals surface area contributed by atoms with E-state index in [2.05, 4.69) is 4.72 Å². The molecule has 4 nitrogen and oxygen atoms in total. The van der Waals surface area contributed by atoms with Crippen molar-refractivity contribution in [2.45, 2.75) is 31.2 Å². The highest BCUT2D eigenvalue weighted by atomic mass is 35.5. The predicted octanol–water partition coefficient (Wildman–Crippen LogP) is 2.09. The summed E-state index contributed by atoms with van der Waals surface area (Å²) in [4.78, 5) is 0.187. The topological polar surface area (TPSA) is 72.2 Å². The molecule has 0 atom stereocenters. The predicted molar refractivity (Wildman–Crippen MR) is 76.9 cm³/mol. The summed E-state index contributed by atoms with van der Waals surface area (Å²) in [5.74, 6) is 0. The van der Waals surface area contributed by atoms with Crippen molar-refractivity contribution in [3.8, 4) is 0 Å². The number of hydrogen-bond donors (Lipinski definition) is 2. The van der Waals surface area contributed by atoms with Gasteiger partial charge >= 0.3 is 0 Å². The molecule has 7 heteroatoms. The van der Waals surface area contributed by atoms with Crippen LogP contribution in [0.1, 0.15) is 19.4 Å². The lowest BCUT2D eigenvalue weighted by molar-refractivity contribution is 0.462. The second kappa shape index (κ2) is 6.21. The molecule has 0 bridgehead atoms. The molecule has 104 valence electrons. The van der Waals surface area contributed by atoms with Crippen LogP contribution in [0.5, 0.6) is 0 Å². The second-order valence-corrected chi connectivity index (χ2v) is 6.69. The number of aryl methyl sites for hydroxylation is 1. The number of hydrogen-bond acceptors (Lipinski definition) is 3. The van der Waals surface area contributed by atoms with Crippen LogP contribution < -0.4 is 10.5 Å². The molecule has 0 aliphatic rings. The maximum Gasteiger partial charge on any atom is 0.241 e. The Hall–Kier alpha value is -0.330. The first kappa shape index (κ1) is 17.7. The SMILES string of the molecule is Cc1ccc(Cl)cc1S(=O)(=O)NC(C)(C)CN.Cl. The molecule has 0 saturated heterocycles. The average molecular weight is 313 g/mol. The maximum absolute atomic E-state index is 12.2. The number of nitrogens with two attached hydrogens (primary N) is 1. The molecule has 0 aromatic heterocycles. The van der Waals surface area contributed by atoms with Gasteiger partial charge in [0.05, 0.1) is 4.90 Å². The number of rotatable bonds is 4. The first-order valence-corrected chi connectivity index (χ1v) is 7.04. The Morgan fingerprint density at radius 1 is 1.39 bits per heavy atom. The zero-order valence-corrected chi connectivity index (χ0v) is 12.9. The third kappa shape index (κ3) is 4.40. The van der Waals surface area contributed by atoms with E-state index in [-0.39, 0.29) is 23.8 Å². The van der Waals surface area contributed by atoms with Crippen LogP contribution in [0.3, 0.4) is 0 Å². The van der Waals surface area contributed by atoms with Gasteiger partial charge in [-0.2, -0.15) is 0 Å². The Bertz CT molecular complexity index is 516. The van der Waals surface area contributed by atoms with E-state index in [0.717, 1.165) is 0 Å². The zero-order valence-electron chi connectivity index (χ0n) is 10.5. The largest absolute Gasteiger partial charge is 0.329 e. The van der Waals surface area contributed by atoms with Crippen molar-refractivity contribution in [1.29, 1.82) is 0 Å². The molecule has 0 aliphatic carbocycles. The lowest BCUT2D eigenvalue weighted by Crippen LogP contribution is -2.48. The summed E-state index contributed by atoms with van der Waals surface area (Å²) < 4.78 is 26.9. The van der Waals surface area contributed by atoms with Crippen molar-refractivity contribution < 1.29 is 8.42 Å². The van der Waals surface area contributed by atoms with Crippen LogP contribution in [-0.4, -0.2) is 20.5 Å². The lowest BCUT2D eigenvalue weighted by Gasteiger charge is -2.24. The third-order valence-corrected chi connectivity index (χ3v) is 4.44. The standard InChI is InChI=1S/C11H17ClN2O2S.ClH/c1-8-4-5-9(12)6-10(8)17(15,16)14-11(2,3)7-13;/h4-6,14H,7,13H2,1-3H3;1H. The first-order chi connectivity index (χ1) is 7.68. The summed E-state index contributed by atoms with van der Waals surface area (Å²) in [6, 6.07) is 4.77. The number of nitrogens with one attached hydrogen (secondary N) is 1. The van der Waals surface area contributed by atoms with E-state index in [0.29, 0.717) is 10.6 Å². The Balaban J connectivity index is 0.00000289. The van der Waals surface area contributed by atoms with Gasteiger partial charge in [0.25, 0.3) is 0 Å². The number of halogens is 2. The normalized spacial score (nSPS) is 12.1. The number of benzene rings is 1. The highest BCUT2D eigenvalue weighted by Gasteiger charge is 2.26. The summed E-state index contributed by atoms with van der Waals surface area (Å²) in [5.41, 5.74) is 5.47. The van der Waals surface area contributed by atoms with Gasteiger partial charge in [-0.1, -0.05) is 17.7 Å². The van der Waals surface area contributed by atoms with Crippen LogP contribution in [0.25, 0.3) is 0 Å². The number of sulfonamides is 1. The van der Waals surface area contributed by atoms with E-state index in [1.165, 1.54) is 6.07 Å². The van der Waals surface area contributed by atoms with E-state index in [4.69, 9.17) is 17.3 Å². The summed E-state index contributed by atoms with van der Waals surface area (Å²) in [7, 11) is -3.60. The monoisotopic (exact) mass is 312 g/mol. The van der Waals surface area contributed by atoms with Gasteiger partial charge in [-0.3, -0.25) is 0 Å². The van der Waals surface area contributed by atoms with Gasteiger partial charge in [-0.05, 0) is 38.5 Å². The van der Waals surface area contributed by atoms with Gasteiger partial charge in [0.1, 0.15) is 0 Å².